The third-order valence-electron chi connectivity index (χ3n) is 4.08. The van der Waals surface area contributed by atoms with E-state index < -0.39 is 0 Å². The fourth-order valence-corrected chi connectivity index (χ4v) is 2.78. The third-order valence-corrected chi connectivity index (χ3v) is 4.08. The van der Waals surface area contributed by atoms with Gasteiger partial charge >= 0.3 is 0 Å². The maximum Gasteiger partial charge on any atom is 0.119 e. The summed E-state index contributed by atoms with van der Waals surface area (Å²) in [5, 5.41) is 13.7. The summed E-state index contributed by atoms with van der Waals surface area (Å²) >= 11 is 0. The van der Waals surface area contributed by atoms with Crippen LogP contribution in [-0.2, 0) is 11.3 Å². The van der Waals surface area contributed by atoms with Gasteiger partial charge in [-0.3, -0.25) is 4.68 Å². The summed E-state index contributed by atoms with van der Waals surface area (Å²) in [5.74, 6) is 1.36. The monoisotopic (exact) mass is 297 g/mol. The molecular formula is C17H19N3O2. The molecule has 114 valence electrons. The van der Waals surface area contributed by atoms with Crippen LogP contribution in [0, 0.1) is 17.2 Å². The molecule has 1 saturated heterocycles. The molecule has 5 nitrogen and oxygen atoms in total. The van der Waals surface area contributed by atoms with Gasteiger partial charge in [-0.1, -0.05) is 0 Å². The van der Waals surface area contributed by atoms with Crippen LogP contribution < -0.4 is 4.74 Å². The second-order valence-corrected chi connectivity index (χ2v) is 5.53. The fourth-order valence-electron chi connectivity index (χ4n) is 2.78. The van der Waals surface area contributed by atoms with E-state index in [0.29, 0.717) is 11.5 Å². The molecule has 0 saturated carbocycles. The average molecular weight is 297 g/mol. The predicted octanol–water partition coefficient (Wildman–Crippen LogP) is 2.86. The molecule has 2 aromatic rings. The molecule has 2 heterocycles. The minimum atomic E-state index is 0.613. The Hall–Kier alpha value is -2.32. The van der Waals surface area contributed by atoms with E-state index in [0.717, 1.165) is 49.5 Å². The van der Waals surface area contributed by atoms with Crippen LogP contribution in [-0.4, -0.2) is 30.1 Å². The summed E-state index contributed by atoms with van der Waals surface area (Å²) in [5.41, 5.74) is 2.44. The molecule has 1 aromatic heterocycles. The molecule has 0 atom stereocenters. The Bertz CT molecular complexity index is 681. The maximum absolute atomic E-state index is 9.28. The van der Waals surface area contributed by atoms with E-state index in [-0.39, 0.29) is 0 Å². The molecule has 5 heteroatoms. The van der Waals surface area contributed by atoms with Crippen LogP contribution in [0.3, 0.4) is 0 Å². The van der Waals surface area contributed by atoms with Crippen LogP contribution in [0.4, 0.5) is 0 Å². The zero-order chi connectivity index (χ0) is 15.4. The van der Waals surface area contributed by atoms with E-state index >= 15 is 0 Å². The molecule has 0 amide bonds. The molecule has 1 aliphatic heterocycles. The number of benzene rings is 1. The molecule has 1 aromatic carbocycles. The Kier molecular flexibility index (Phi) is 4.40. The van der Waals surface area contributed by atoms with Gasteiger partial charge in [0.2, 0.25) is 0 Å². The lowest BCUT2D eigenvalue weighted by Crippen LogP contribution is -2.20. The number of ether oxygens (including phenoxy) is 2. The zero-order valence-corrected chi connectivity index (χ0v) is 12.7. The second-order valence-electron chi connectivity index (χ2n) is 5.53. The normalized spacial score (nSPS) is 15.5. The van der Waals surface area contributed by atoms with Gasteiger partial charge in [0, 0.05) is 37.1 Å². The van der Waals surface area contributed by atoms with Crippen molar-refractivity contribution in [2.24, 2.45) is 5.92 Å². The number of methoxy groups -OCH3 is 1. The molecule has 1 fully saturated rings. The Morgan fingerprint density at radius 1 is 1.41 bits per heavy atom. The van der Waals surface area contributed by atoms with Gasteiger partial charge < -0.3 is 9.47 Å². The first-order valence-corrected chi connectivity index (χ1v) is 7.49. The lowest BCUT2D eigenvalue weighted by Gasteiger charge is -2.21. The van der Waals surface area contributed by atoms with Crippen LogP contribution >= 0.6 is 0 Å². The van der Waals surface area contributed by atoms with Crippen LogP contribution in [0.2, 0.25) is 0 Å². The Morgan fingerprint density at radius 3 is 2.95 bits per heavy atom. The molecule has 3 rings (SSSR count). The van der Waals surface area contributed by atoms with Crippen molar-refractivity contribution in [1.29, 1.82) is 5.26 Å². The van der Waals surface area contributed by atoms with Crippen LogP contribution in [0.5, 0.6) is 5.75 Å². The zero-order valence-electron chi connectivity index (χ0n) is 12.7. The molecule has 0 bridgehead atoms. The molecule has 0 spiro atoms. The van der Waals surface area contributed by atoms with Gasteiger partial charge in [0.15, 0.2) is 0 Å². The van der Waals surface area contributed by atoms with Gasteiger partial charge in [-0.25, -0.2) is 0 Å². The minimum Gasteiger partial charge on any atom is -0.497 e. The molecule has 0 aliphatic carbocycles. The summed E-state index contributed by atoms with van der Waals surface area (Å²) in [7, 11) is 1.62. The Balaban J connectivity index is 1.82. The van der Waals surface area contributed by atoms with Crippen molar-refractivity contribution in [1.82, 2.24) is 9.78 Å². The fraction of sp³-hybridized carbons (Fsp3) is 0.412. The van der Waals surface area contributed by atoms with E-state index in [1.54, 1.807) is 19.2 Å². The average Bonchev–Trinajstić information content (AvgIpc) is 3.03. The number of rotatable bonds is 4. The molecule has 0 radical (unpaired) electrons. The predicted molar refractivity (Wildman–Crippen MR) is 82.5 cm³/mol. The van der Waals surface area contributed by atoms with E-state index in [9.17, 15) is 5.26 Å². The SMILES string of the molecule is COc1ccc(C#N)c(-c2cnn(CC3CCOCC3)c2)c1. The highest BCUT2D eigenvalue weighted by molar-refractivity contribution is 5.71. The highest BCUT2D eigenvalue weighted by atomic mass is 16.5. The van der Waals surface area contributed by atoms with E-state index in [2.05, 4.69) is 11.2 Å². The van der Waals surface area contributed by atoms with Gasteiger partial charge in [0.25, 0.3) is 0 Å². The minimum absolute atomic E-state index is 0.613. The highest BCUT2D eigenvalue weighted by Crippen LogP contribution is 2.28. The number of aromatic nitrogens is 2. The largest absolute Gasteiger partial charge is 0.497 e. The van der Waals surface area contributed by atoms with Crippen LogP contribution in [0.1, 0.15) is 18.4 Å². The number of nitrogens with zero attached hydrogens (tertiary/aromatic N) is 3. The van der Waals surface area contributed by atoms with Crippen molar-refractivity contribution < 1.29 is 9.47 Å². The first kappa shape index (κ1) is 14.6. The van der Waals surface area contributed by atoms with Gasteiger partial charge in [-0.15, -0.1) is 0 Å². The highest BCUT2D eigenvalue weighted by Gasteiger charge is 2.15. The Labute approximate surface area is 130 Å². The van der Waals surface area contributed by atoms with Crippen molar-refractivity contribution in [3.63, 3.8) is 0 Å². The van der Waals surface area contributed by atoms with E-state index in [1.165, 1.54) is 0 Å². The number of hydrogen-bond acceptors (Lipinski definition) is 4. The van der Waals surface area contributed by atoms with E-state index in [1.807, 2.05) is 23.1 Å². The summed E-state index contributed by atoms with van der Waals surface area (Å²) in [6.45, 7) is 2.58. The van der Waals surface area contributed by atoms with Gasteiger partial charge in [-0.2, -0.15) is 10.4 Å². The van der Waals surface area contributed by atoms with Crippen molar-refractivity contribution in [3.8, 4) is 22.9 Å². The topological polar surface area (TPSA) is 60.1 Å². The molecule has 0 unspecified atom stereocenters. The quantitative estimate of drug-likeness (QED) is 0.870. The summed E-state index contributed by atoms with van der Waals surface area (Å²) in [6.07, 6.45) is 5.98. The number of nitriles is 1. The van der Waals surface area contributed by atoms with Crippen molar-refractivity contribution in [2.45, 2.75) is 19.4 Å². The summed E-state index contributed by atoms with van der Waals surface area (Å²) in [4.78, 5) is 0. The maximum atomic E-state index is 9.28. The lowest BCUT2D eigenvalue weighted by molar-refractivity contribution is 0.0601. The van der Waals surface area contributed by atoms with Gasteiger partial charge in [0.05, 0.1) is 24.9 Å². The van der Waals surface area contributed by atoms with Crippen LogP contribution in [0.15, 0.2) is 30.6 Å². The van der Waals surface area contributed by atoms with Crippen LogP contribution in [0.25, 0.3) is 11.1 Å². The van der Waals surface area contributed by atoms with E-state index in [4.69, 9.17) is 9.47 Å². The van der Waals surface area contributed by atoms with Crippen molar-refractivity contribution >= 4 is 0 Å². The molecule has 22 heavy (non-hydrogen) atoms. The van der Waals surface area contributed by atoms with Crippen molar-refractivity contribution in [2.75, 3.05) is 20.3 Å². The molecule has 1 aliphatic rings. The summed E-state index contributed by atoms with van der Waals surface area (Å²) in [6, 6.07) is 7.69. The first-order chi connectivity index (χ1) is 10.8. The van der Waals surface area contributed by atoms with Gasteiger partial charge in [0.1, 0.15) is 5.75 Å². The van der Waals surface area contributed by atoms with Crippen molar-refractivity contribution in [3.05, 3.63) is 36.2 Å². The molecule has 0 N–H and O–H groups in total. The smallest absolute Gasteiger partial charge is 0.119 e. The third kappa shape index (κ3) is 3.12. The first-order valence-electron chi connectivity index (χ1n) is 7.49. The molecular weight excluding hydrogens is 278 g/mol. The summed E-state index contributed by atoms with van der Waals surface area (Å²) < 4.78 is 12.6. The van der Waals surface area contributed by atoms with Gasteiger partial charge in [-0.05, 0) is 37.0 Å². The lowest BCUT2D eigenvalue weighted by atomic mass is 10.0. The Morgan fingerprint density at radius 2 is 2.23 bits per heavy atom. The second kappa shape index (κ2) is 6.63. The number of hydrogen-bond donors (Lipinski definition) is 0. The standard InChI is InChI=1S/C17H19N3O2/c1-21-16-3-2-14(9-18)17(8-16)15-10-19-20(12-15)11-13-4-6-22-7-5-13/h2-3,8,10,12-13H,4-7,11H2,1H3.